The Hall–Kier alpha value is -0.960. The van der Waals surface area contributed by atoms with Crippen molar-refractivity contribution in [3.63, 3.8) is 0 Å². The molecular weight excluding hydrogens is 193 g/mol. The number of pyridine rings is 1. The molecule has 1 heterocycles. The maximum atomic E-state index is 13.0. The van der Waals surface area contributed by atoms with E-state index >= 15 is 0 Å². The van der Waals surface area contributed by atoms with Crippen molar-refractivity contribution in [2.45, 2.75) is 45.1 Å². The van der Waals surface area contributed by atoms with Gasteiger partial charge in [0.25, 0.3) is 0 Å². The summed E-state index contributed by atoms with van der Waals surface area (Å²) >= 11 is 0. The molecule has 0 radical (unpaired) electrons. The molecule has 0 saturated heterocycles. The maximum Gasteiger partial charge on any atom is 0.141 e. The van der Waals surface area contributed by atoms with Gasteiger partial charge in [-0.3, -0.25) is 4.98 Å². The van der Waals surface area contributed by atoms with Gasteiger partial charge in [-0.1, -0.05) is 26.7 Å². The Morgan fingerprint density at radius 2 is 1.87 bits per heavy atom. The van der Waals surface area contributed by atoms with Crippen molar-refractivity contribution in [1.82, 2.24) is 4.98 Å². The molecule has 0 aliphatic carbocycles. The minimum Gasteiger partial charge on any atom is -0.385 e. The molecule has 0 atom stereocenters. The zero-order chi connectivity index (χ0) is 11.3. The quantitative estimate of drug-likeness (QED) is 0.812. The van der Waals surface area contributed by atoms with Crippen LogP contribution in [0.3, 0.4) is 0 Å². The van der Waals surface area contributed by atoms with Crippen LogP contribution in [0.2, 0.25) is 0 Å². The molecule has 1 rings (SSSR count). The summed E-state index contributed by atoms with van der Waals surface area (Å²) in [5.41, 5.74) is -0.329. The van der Waals surface area contributed by atoms with Gasteiger partial charge in [-0.2, -0.15) is 0 Å². The summed E-state index contributed by atoms with van der Waals surface area (Å²) in [7, 11) is 0. The van der Waals surface area contributed by atoms with Gasteiger partial charge in [-0.05, 0) is 18.9 Å². The molecule has 0 unspecified atom stereocenters. The van der Waals surface area contributed by atoms with Crippen molar-refractivity contribution in [2.75, 3.05) is 0 Å². The number of hydrogen-bond acceptors (Lipinski definition) is 2. The van der Waals surface area contributed by atoms with Crippen molar-refractivity contribution in [1.29, 1.82) is 0 Å². The van der Waals surface area contributed by atoms with Gasteiger partial charge in [0.05, 0.1) is 11.8 Å². The third-order valence-corrected chi connectivity index (χ3v) is 2.57. The molecule has 0 saturated carbocycles. The van der Waals surface area contributed by atoms with Crippen LogP contribution in [-0.2, 0) is 5.60 Å². The minimum atomic E-state index is -0.918. The predicted molar refractivity (Wildman–Crippen MR) is 57.9 cm³/mol. The van der Waals surface area contributed by atoms with E-state index in [9.17, 15) is 9.50 Å². The average Bonchev–Trinajstić information content (AvgIpc) is 2.18. The summed E-state index contributed by atoms with van der Waals surface area (Å²) in [4.78, 5) is 3.78. The van der Waals surface area contributed by atoms with Gasteiger partial charge in [-0.25, -0.2) is 4.39 Å². The van der Waals surface area contributed by atoms with Crippen LogP contribution in [-0.4, -0.2) is 10.1 Å². The van der Waals surface area contributed by atoms with Crippen LogP contribution in [0, 0.1) is 5.82 Å². The molecular formula is C12H18FNO. The van der Waals surface area contributed by atoms with E-state index in [2.05, 4.69) is 4.98 Å². The fourth-order valence-electron chi connectivity index (χ4n) is 1.91. The second-order valence-corrected chi connectivity index (χ2v) is 3.92. The van der Waals surface area contributed by atoms with Crippen molar-refractivity contribution in [3.8, 4) is 0 Å². The van der Waals surface area contributed by atoms with E-state index in [0.29, 0.717) is 18.4 Å². The first kappa shape index (κ1) is 12.1. The zero-order valence-electron chi connectivity index (χ0n) is 9.33. The number of halogens is 1. The van der Waals surface area contributed by atoms with E-state index in [0.717, 1.165) is 19.0 Å². The van der Waals surface area contributed by atoms with Gasteiger partial charge >= 0.3 is 0 Å². The molecule has 84 valence electrons. The summed E-state index contributed by atoms with van der Waals surface area (Å²) in [5, 5.41) is 10.4. The highest BCUT2D eigenvalue weighted by Gasteiger charge is 2.27. The molecule has 1 N–H and O–H groups in total. The molecule has 0 aromatic carbocycles. The lowest BCUT2D eigenvalue weighted by molar-refractivity contribution is 0.0163. The molecule has 1 aromatic rings. The van der Waals surface area contributed by atoms with Crippen LogP contribution in [0.4, 0.5) is 4.39 Å². The van der Waals surface area contributed by atoms with Crippen molar-refractivity contribution >= 4 is 0 Å². The Balaban J connectivity index is 2.97. The largest absolute Gasteiger partial charge is 0.385 e. The SMILES string of the molecule is CCCC(O)(CCC)c1cncc(F)c1. The van der Waals surface area contributed by atoms with Crippen molar-refractivity contribution in [3.05, 3.63) is 29.8 Å². The normalized spacial score (nSPS) is 11.7. The molecule has 2 nitrogen and oxygen atoms in total. The summed E-state index contributed by atoms with van der Waals surface area (Å²) < 4.78 is 13.0. The number of nitrogens with zero attached hydrogens (tertiary/aromatic N) is 1. The summed E-state index contributed by atoms with van der Waals surface area (Å²) in [6, 6.07) is 1.37. The number of rotatable bonds is 5. The monoisotopic (exact) mass is 211 g/mol. The van der Waals surface area contributed by atoms with Crippen LogP contribution in [0.15, 0.2) is 18.5 Å². The lowest BCUT2D eigenvalue weighted by Crippen LogP contribution is -2.25. The maximum absolute atomic E-state index is 13.0. The Morgan fingerprint density at radius 1 is 1.27 bits per heavy atom. The van der Waals surface area contributed by atoms with E-state index in [1.807, 2.05) is 13.8 Å². The van der Waals surface area contributed by atoms with E-state index in [-0.39, 0.29) is 0 Å². The van der Waals surface area contributed by atoms with Crippen LogP contribution < -0.4 is 0 Å². The van der Waals surface area contributed by atoms with Crippen LogP contribution in [0.1, 0.15) is 45.1 Å². The number of aromatic nitrogens is 1. The van der Waals surface area contributed by atoms with Crippen LogP contribution in [0.5, 0.6) is 0 Å². The zero-order valence-corrected chi connectivity index (χ0v) is 9.33. The third kappa shape index (κ3) is 2.99. The Kier molecular flexibility index (Phi) is 4.21. The Labute approximate surface area is 90.2 Å². The molecule has 15 heavy (non-hydrogen) atoms. The fraction of sp³-hybridized carbons (Fsp3) is 0.583. The number of aliphatic hydroxyl groups is 1. The second-order valence-electron chi connectivity index (χ2n) is 3.92. The van der Waals surface area contributed by atoms with Gasteiger partial charge in [0, 0.05) is 11.8 Å². The average molecular weight is 211 g/mol. The number of hydrogen-bond donors (Lipinski definition) is 1. The minimum absolute atomic E-state index is 0.391. The first-order valence-corrected chi connectivity index (χ1v) is 5.46. The summed E-state index contributed by atoms with van der Waals surface area (Å²) in [6.07, 6.45) is 5.73. The lowest BCUT2D eigenvalue weighted by Gasteiger charge is -2.27. The van der Waals surface area contributed by atoms with Crippen molar-refractivity contribution < 1.29 is 9.50 Å². The molecule has 1 aromatic heterocycles. The topological polar surface area (TPSA) is 33.1 Å². The van der Waals surface area contributed by atoms with E-state index < -0.39 is 11.4 Å². The predicted octanol–water partition coefficient (Wildman–Crippen LogP) is 3.01. The van der Waals surface area contributed by atoms with E-state index in [1.165, 1.54) is 6.07 Å². The summed E-state index contributed by atoms with van der Waals surface area (Å²) in [6.45, 7) is 4.01. The Morgan fingerprint density at radius 3 is 2.33 bits per heavy atom. The van der Waals surface area contributed by atoms with Gasteiger partial charge in [-0.15, -0.1) is 0 Å². The second kappa shape index (κ2) is 5.21. The van der Waals surface area contributed by atoms with Crippen LogP contribution in [0.25, 0.3) is 0 Å². The van der Waals surface area contributed by atoms with Gasteiger partial charge < -0.3 is 5.11 Å². The van der Waals surface area contributed by atoms with Crippen molar-refractivity contribution in [2.24, 2.45) is 0 Å². The van der Waals surface area contributed by atoms with E-state index in [1.54, 1.807) is 6.20 Å². The summed E-state index contributed by atoms with van der Waals surface area (Å²) in [5.74, 6) is -0.391. The third-order valence-electron chi connectivity index (χ3n) is 2.57. The molecule has 0 amide bonds. The fourth-order valence-corrected chi connectivity index (χ4v) is 1.91. The standard InChI is InChI=1S/C12H18FNO/c1-3-5-12(15,6-4-2)10-7-11(13)9-14-8-10/h7-9,15H,3-6H2,1-2H3. The highest BCUT2D eigenvalue weighted by Crippen LogP contribution is 2.31. The molecule has 0 spiro atoms. The van der Waals surface area contributed by atoms with Crippen LogP contribution >= 0.6 is 0 Å². The smallest absolute Gasteiger partial charge is 0.141 e. The highest BCUT2D eigenvalue weighted by molar-refractivity contribution is 5.18. The molecule has 3 heteroatoms. The van der Waals surface area contributed by atoms with E-state index in [4.69, 9.17) is 0 Å². The molecule has 0 aliphatic rings. The highest BCUT2D eigenvalue weighted by atomic mass is 19.1. The molecule has 0 aliphatic heterocycles. The molecule has 0 fully saturated rings. The lowest BCUT2D eigenvalue weighted by atomic mass is 9.86. The molecule has 0 bridgehead atoms. The first-order chi connectivity index (χ1) is 7.12. The van der Waals surface area contributed by atoms with Gasteiger partial charge in [0.2, 0.25) is 0 Å². The van der Waals surface area contributed by atoms with Gasteiger partial charge in [0.1, 0.15) is 5.82 Å². The Bertz CT molecular complexity index is 308. The van der Waals surface area contributed by atoms with Gasteiger partial charge in [0.15, 0.2) is 0 Å². The first-order valence-electron chi connectivity index (χ1n) is 5.46.